The first kappa shape index (κ1) is 13.7. The molecule has 1 aromatic rings. The van der Waals surface area contributed by atoms with Crippen molar-refractivity contribution in [3.8, 4) is 0 Å². The van der Waals surface area contributed by atoms with Crippen LogP contribution in [0.2, 0.25) is 0 Å². The van der Waals surface area contributed by atoms with E-state index in [9.17, 15) is 4.79 Å². The Morgan fingerprint density at radius 1 is 1.18 bits per heavy atom. The van der Waals surface area contributed by atoms with Gasteiger partial charge in [-0.1, -0.05) is 24.3 Å². The number of ether oxygens (including phenoxy) is 3. The molecular formula is C13H18O4. The lowest BCUT2D eigenvalue weighted by atomic mass is 10.1. The van der Waals surface area contributed by atoms with Crippen molar-refractivity contribution in [3.05, 3.63) is 35.4 Å². The van der Waals surface area contributed by atoms with Crippen LogP contribution >= 0.6 is 0 Å². The Labute approximate surface area is 101 Å². The molecule has 0 aliphatic carbocycles. The molecule has 1 aromatic carbocycles. The molecule has 1 atom stereocenters. The first-order valence-corrected chi connectivity index (χ1v) is 5.38. The zero-order valence-electron chi connectivity index (χ0n) is 10.4. The molecule has 17 heavy (non-hydrogen) atoms. The number of methoxy groups -OCH3 is 3. The van der Waals surface area contributed by atoms with Crippen molar-refractivity contribution in [2.75, 3.05) is 27.9 Å². The molecule has 0 amide bonds. The van der Waals surface area contributed by atoms with Crippen LogP contribution in [0.25, 0.3) is 0 Å². The van der Waals surface area contributed by atoms with Gasteiger partial charge < -0.3 is 14.2 Å². The predicted molar refractivity (Wildman–Crippen MR) is 63.8 cm³/mol. The molecule has 0 bridgehead atoms. The summed E-state index contributed by atoms with van der Waals surface area (Å²) in [5.41, 5.74) is 1.95. The van der Waals surface area contributed by atoms with E-state index in [0.717, 1.165) is 11.1 Å². The third-order valence-electron chi connectivity index (χ3n) is 2.53. The van der Waals surface area contributed by atoms with Gasteiger partial charge in [0.15, 0.2) is 0 Å². The van der Waals surface area contributed by atoms with Gasteiger partial charge in [-0.15, -0.1) is 0 Å². The number of hydrogen-bond acceptors (Lipinski definition) is 4. The normalized spacial score (nSPS) is 12.2. The molecule has 0 aliphatic heterocycles. The van der Waals surface area contributed by atoms with Gasteiger partial charge in [0, 0.05) is 14.2 Å². The Bertz CT molecular complexity index is 345. The predicted octanol–water partition coefficient (Wildman–Crippen LogP) is 1.74. The maximum Gasteiger partial charge on any atom is 0.309 e. The molecule has 0 N–H and O–H groups in total. The minimum atomic E-state index is -0.238. The average Bonchev–Trinajstić information content (AvgIpc) is 2.37. The number of benzene rings is 1. The van der Waals surface area contributed by atoms with Crippen molar-refractivity contribution in [2.24, 2.45) is 0 Å². The molecule has 0 heterocycles. The third kappa shape index (κ3) is 4.17. The van der Waals surface area contributed by atoms with E-state index in [1.165, 1.54) is 7.11 Å². The fourth-order valence-corrected chi connectivity index (χ4v) is 1.54. The Morgan fingerprint density at radius 3 is 2.29 bits per heavy atom. The minimum absolute atomic E-state index is 0.0767. The van der Waals surface area contributed by atoms with Crippen LogP contribution < -0.4 is 0 Å². The monoisotopic (exact) mass is 238 g/mol. The van der Waals surface area contributed by atoms with E-state index in [4.69, 9.17) is 9.47 Å². The Balaban J connectivity index is 2.69. The molecule has 0 spiro atoms. The van der Waals surface area contributed by atoms with E-state index < -0.39 is 0 Å². The number of carbonyl (C=O) groups excluding carboxylic acids is 1. The van der Waals surface area contributed by atoms with Gasteiger partial charge in [0.25, 0.3) is 0 Å². The van der Waals surface area contributed by atoms with Crippen LogP contribution in [-0.4, -0.2) is 33.9 Å². The number of hydrogen-bond donors (Lipinski definition) is 0. The van der Waals surface area contributed by atoms with Crippen molar-refractivity contribution in [3.63, 3.8) is 0 Å². The molecule has 0 aromatic heterocycles. The van der Waals surface area contributed by atoms with Crippen LogP contribution in [0.15, 0.2) is 24.3 Å². The van der Waals surface area contributed by atoms with Crippen LogP contribution in [0, 0.1) is 0 Å². The summed E-state index contributed by atoms with van der Waals surface area (Å²) in [6.07, 6.45) is 0.214. The molecule has 4 nitrogen and oxygen atoms in total. The number of rotatable bonds is 6. The highest BCUT2D eigenvalue weighted by molar-refractivity contribution is 5.72. The summed E-state index contributed by atoms with van der Waals surface area (Å²) >= 11 is 0. The lowest BCUT2D eigenvalue weighted by Gasteiger charge is -2.14. The molecule has 1 rings (SSSR count). The number of esters is 1. The van der Waals surface area contributed by atoms with Gasteiger partial charge in [-0.2, -0.15) is 0 Å². The maximum absolute atomic E-state index is 11.1. The standard InChI is InChI=1S/C13H18O4/c1-15-9-12(16-2)11-6-4-10(5-7-11)8-13(14)17-3/h4-7,12H,8-9H2,1-3H3. The van der Waals surface area contributed by atoms with Gasteiger partial charge in [-0.25, -0.2) is 0 Å². The van der Waals surface area contributed by atoms with Crippen LogP contribution in [0.1, 0.15) is 17.2 Å². The molecular weight excluding hydrogens is 220 g/mol. The second kappa shape index (κ2) is 7.04. The fourth-order valence-electron chi connectivity index (χ4n) is 1.54. The summed E-state index contributed by atoms with van der Waals surface area (Å²) in [6, 6.07) is 7.67. The third-order valence-corrected chi connectivity index (χ3v) is 2.53. The molecule has 0 saturated heterocycles. The van der Waals surface area contributed by atoms with E-state index in [0.29, 0.717) is 13.0 Å². The van der Waals surface area contributed by atoms with E-state index in [-0.39, 0.29) is 12.1 Å². The van der Waals surface area contributed by atoms with E-state index in [2.05, 4.69) is 4.74 Å². The van der Waals surface area contributed by atoms with Gasteiger partial charge >= 0.3 is 5.97 Å². The van der Waals surface area contributed by atoms with Crippen molar-refractivity contribution in [1.29, 1.82) is 0 Å². The summed E-state index contributed by atoms with van der Waals surface area (Å²) in [5.74, 6) is -0.238. The van der Waals surface area contributed by atoms with Crippen molar-refractivity contribution < 1.29 is 19.0 Å². The zero-order chi connectivity index (χ0) is 12.7. The second-order valence-corrected chi connectivity index (χ2v) is 3.67. The summed E-state index contributed by atoms with van der Waals surface area (Å²) in [4.78, 5) is 11.1. The van der Waals surface area contributed by atoms with Crippen LogP contribution in [0.5, 0.6) is 0 Å². The summed E-state index contributed by atoms with van der Waals surface area (Å²) in [6.45, 7) is 0.507. The van der Waals surface area contributed by atoms with Gasteiger partial charge in [0.05, 0.1) is 20.1 Å². The largest absolute Gasteiger partial charge is 0.469 e. The minimum Gasteiger partial charge on any atom is -0.469 e. The summed E-state index contributed by atoms with van der Waals surface area (Å²) in [7, 11) is 4.67. The van der Waals surface area contributed by atoms with Crippen LogP contribution in [-0.2, 0) is 25.4 Å². The number of carbonyl (C=O) groups is 1. The molecule has 0 radical (unpaired) electrons. The fraction of sp³-hybridized carbons (Fsp3) is 0.462. The lowest BCUT2D eigenvalue weighted by molar-refractivity contribution is -0.139. The topological polar surface area (TPSA) is 44.8 Å². The quantitative estimate of drug-likeness (QED) is 0.708. The van der Waals surface area contributed by atoms with E-state index in [1.54, 1.807) is 14.2 Å². The Kier molecular flexibility index (Phi) is 5.66. The van der Waals surface area contributed by atoms with Crippen LogP contribution in [0.4, 0.5) is 0 Å². The van der Waals surface area contributed by atoms with Crippen LogP contribution in [0.3, 0.4) is 0 Å². The Morgan fingerprint density at radius 2 is 1.82 bits per heavy atom. The van der Waals surface area contributed by atoms with Crippen molar-refractivity contribution in [2.45, 2.75) is 12.5 Å². The summed E-state index contributed by atoms with van der Waals surface area (Å²) in [5, 5.41) is 0. The molecule has 0 aliphatic rings. The van der Waals surface area contributed by atoms with Gasteiger partial charge in [-0.05, 0) is 11.1 Å². The first-order valence-electron chi connectivity index (χ1n) is 5.38. The highest BCUT2D eigenvalue weighted by Crippen LogP contribution is 2.17. The lowest BCUT2D eigenvalue weighted by Crippen LogP contribution is -2.09. The molecule has 1 unspecified atom stereocenters. The van der Waals surface area contributed by atoms with Crippen molar-refractivity contribution >= 4 is 5.97 Å². The molecule has 0 fully saturated rings. The second-order valence-electron chi connectivity index (χ2n) is 3.67. The summed E-state index contributed by atoms with van der Waals surface area (Å²) < 4.78 is 15.0. The first-order chi connectivity index (χ1) is 8.21. The van der Waals surface area contributed by atoms with E-state index in [1.807, 2.05) is 24.3 Å². The van der Waals surface area contributed by atoms with Gasteiger partial charge in [0.2, 0.25) is 0 Å². The highest BCUT2D eigenvalue weighted by Gasteiger charge is 2.10. The van der Waals surface area contributed by atoms with Gasteiger partial charge in [0.1, 0.15) is 6.10 Å². The smallest absolute Gasteiger partial charge is 0.309 e. The average molecular weight is 238 g/mol. The molecule has 0 saturated carbocycles. The zero-order valence-corrected chi connectivity index (χ0v) is 10.4. The highest BCUT2D eigenvalue weighted by atomic mass is 16.5. The Hall–Kier alpha value is -1.39. The molecule has 94 valence electrons. The van der Waals surface area contributed by atoms with Crippen molar-refractivity contribution in [1.82, 2.24) is 0 Å². The SMILES string of the molecule is COCC(OC)c1ccc(CC(=O)OC)cc1. The maximum atomic E-state index is 11.1. The van der Waals surface area contributed by atoms with Gasteiger partial charge in [-0.3, -0.25) is 4.79 Å². The molecule has 4 heteroatoms. The van der Waals surface area contributed by atoms with E-state index >= 15 is 0 Å².